The number of aromatic nitrogens is 1. The minimum Gasteiger partial charge on any atom is -0.255 e. The molecule has 19 heavy (non-hydrogen) atoms. The molecule has 1 aromatic heterocycles. The lowest BCUT2D eigenvalue weighted by Crippen LogP contribution is -2.26. The first-order chi connectivity index (χ1) is 9.06. The van der Waals surface area contributed by atoms with Crippen LogP contribution in [0.3, 0.4) is 0 Å². The van der Waals surface area contributed by atoms with Gasteiger partial charge < -0.3 is 0 Å². The third kappa shape index (κ3) is 2.62. The van der Waals surface area contributed by atoms with Crippen LogP contribution in [0.25, 0.3) is 10.9 Å². The van der Waals surface area contributed by atoms with Gasteiger partial charge in [0.1, 0.15) is 4.90 Å². The van der Waals surface area contributed by atoms with E-state index < -0.39 is 10.0 Å². The Kier molecular flexibility index (Phi) is 3.03. The molecule has 5 heteroatoms. The predicted octanol–water partition coefficient (Wildman–Crippen LogP) is 2.23. The van der Waals surface area contributed by atoms with Crippen LogP contribution >= 0.6 is 0 Å². The molecule has 4 nitrogen and oxygen atoms in total. The molecule has 2 aromatic rings. The highest BCUT2D eigenvalue weighted by molar-refractivity contribution is 7.89. The van der Waals surface area contributed by atoms with E-state index >= 15 is 0 Å². The summed E-state index contributed by atoms with van der Waals surface area (Å²) in [4.78, 5) is 4.49. The third-order valence-electron chi connectivity index (χ3n) is 3.36. The van der Waals surface area contributed by atoms with Crippen molar-refractivity contribution in [3.8, 4) is 0 Å². The lowest BCUT2D eigenvalue weighted by molar-refractivity contribution is 0.578. The van der Waals surface area contributed by atoms with Gasteiger partial charge in [0.25, 0.3) is 0 Å². The third-order valence-corrected chi connectivity index (χ3v) is 4.80. The number of hydrogen-bond acceptors (Lipinski definition) is 3. The predicted molar refractivity (Wildman–Crippen MR) is 74.4 cm³/mol. The summed E-state index contributed by atoms with van der Waals surface area (Å²) in [6, 6.07) is 7.33. The fourth-order valence-corrected chi connectivity index (χ4v) is 3.51. The molecule has 0 aliphatic heterocycles. The zero-order valence-corrected chi connectivity index (χ0v) is 11.6. The number of nitrogens with zero attached hydrogens (tertiary/aromatic N) is 1. The van der Waals surface area contributed by atoms with Crippen LogP contribution < -0.4 is 4.72 Å². The van der Waals surface area contributed by atoms with Gasteiger partial charge >= 0.3 is 0 Å². The summed E-state index contributed by atoms with van der Waals surface area (Å²) in [5.41, 5.74) is 1.46. The normalized spacial score (nSPS) is 15.8. The molecule has 1 aliphatic rings. The van der Waals surface area contributed by atoms with Crippen LogP contribution in [0.1, 0.15) is 18.4 Å². The standard InChI is InChI=1S/C14H16N2O2S/c1-10-7-12-3-2-6-15-14(12)13(8-10)19(17,18)16-9-11-4-5-11/h2-3,6-8,11,16H,4-5,9H2,1H3. The van der Waals surface area contributed by atoms with Gasteiger partial charge in [0, 0.05) is 18.1 Å². The van der Waals surface area contributed by atoms with Crippen LogP contribution in [-0.4, -0.2) is 19.9 Å². The minimum atomic E-state index is -3.48. The van der Waals surface area contributed by atoms with E-state index in [9.17, 15) is 8.42 Å². The number of pyridine rings is 1. The first kappa shape index (κ1) is 12.6. The summed E-state index contributed by atoms with van der Waals surface area (Å²) in [5, 5.41) is 0.856. The maximum absolute atomic E-state index is 12.4. The van der Waals surface area contributed by atoms with Gasteiger partial charge in [-0.1, -0.05) is 6.07 Å². The molecule has 3 rings (SSSR count). The highest BCUT2D eigenvalue weighted by Gasteiger charge is 2.25. The summed E-state index contributed by atoms with van der Waals surface area (Å²) < 4.78 is 27.4. The zero-order chi connectivity index (χ0) is 13.5. The molecule has 100 valence electrons. The van der Waals surface area contributed by atoms with Gasteiger partial charge in [-0.2, -0.15) is 0 Å². The molecule has 1 saturated carbocycles. The van der Waals surface area contributed by atoms with E-state index in [0.29, 0.717) is 18.0 Å². The molecule has 0 amide bonds. The van der Waals surface area contributed by atoms with E-state index in [4.69, 9.17) is 0 Å². The second kappa shape index (κ2) is 4.58. The van der Waals surface area contributed by atoms with Crippen molar-refractivity contribution in [1.29, 1.82) is 0 Å². The van der Waals surface area contributed by atoms with E-state index in [1.54, 1.807) is 12.3 Å². The van der Waals surface area contributed by atoms with Crippen LogP contribution in [-0.2, 0) is 10.0 Å². The fourth-order valence-electron chi connectivity index (χ4n) is 2.13. The number of benzene rings is 1. The second-order valence-corrected chi connectivity index (χ2v) is 6.87. The summed E-state index contributed by atoms with van der Waals surface area (Å²) in [6.45, 7) is 2.43. The Bertz CT molecular complexity index is 721. The van der Waals surface area contributed by atoms with Crippen LogP contribution in [0.15, 0.2) is 35.4 Å². The van der Waals surface area contributed by atoms with Crippen molar-refractivity contribution in [2.24, 2.45) is 5.92 Å². The number of aryl methyl sites for hydroxylation is 1. The Morgan fingerprint density at radius 1 is 1.37 bits per heavy atom. The van der Waals surface area contributed by atoms with E-state index in [0.717, 1.165) is 23.8 Å². The Labute approximate surface area is 112 Å². The van der Waals surface area contributed by atoms with Gasteiger partial charge in [0.2, 0.25) is 10.0 Å². The van der Waals surface area contributed by atoms with Crippen molar-refractivity contribution in [3.63, 3.8) is 0 Å². The number of rotatable bonds is 4. The SMILES string of the molecule is Cc1cc(S(=O)(=O)NCC2CC2)c2ncccc2c1. The monoisotopic (exact) mass is 276 g/mol. The summed E-state index contributed by atoms with van der Waals surface area (Å²) in [6.07, 6.45) is 3.86. The molecule has 1 N–H and O–H groups in total. The number of hydrogen-bond donors (Lipinski definition) is 1. The van der Waals surface area contributed by atoms with Crippen LogP contribution in [0, 0.1) is 12.8 Å². The van der Waals surface area contributed by atoms with Gasteiger partial charge in [0.05, 0.1) is 5.52 Å². The van der Waals surface area contributed by atoms with Crippen molar-refractivity contribution < 1.29 is 8.42 Å². The van der Waals surface area contributed by atoms with Crippen LogP contribution in [0.2, 0.25) is 0 Å². The highest BCUT2D eigenvalue weighted by Crippen LogP contribution is 2.29. The number of nitrogens with one attached hydrogen (secondary N) is 1. The van der Waals surface area contributed by atoms with Crippen LogP contribution in [0.5, 0.6) is 0 Å². The molecule has 1 heterocycles. The lowest BCUT2D eigenvalue weighted by Gasteiger charge is -2.09. The summed E-state index contributed by atoms with van der Waals surface area (Å²) in [5.74, 6) is 0.513. The molecule has 1 aliphatic carbocycles. The molecule has 0 radical (unpaired) electrons. The minimum absolute atomic E-state index is 0.281. The molecule has 0 spiro atoms. The van der Waals surface area contributed by atoms with Crippen LogP contribution in [0.4, 0.5) is 0 Å². The topological polar surface area (TPSA) is 59.1 Å². The molecule has 0 bridgehead atoms. The molecule has 0 saturated heterocycles. The molecule has 1 aromatic carbocycles. The van der Waals surface area contributed by atoms with Crippen molar-refractivity contribution in [2.45, 2.75) is 24.7 Å². The Morgan fingerprint density at radius 2 is 2.16 bits per heavy atom. The first-order valence-corrected chi connectivity index (χ1v) is 7.89. The van der Waals surface area contributed by atoms with E-state index in [1.807, 2.05) is 25.1 Å². The van der Waals surface area contributed by atoms with Crippen molar-refractivity contribution >= 4 is 20.9 Å². The highest BCUT2D eigenvalue weighted by atomic mass is 32.2. The Balaban J connectivity index is 2.07. The smallest absolute Gasteiger partial charge is 0.242 e. The average molecular weight is 276 g/mol. The van der Waals surface area contributed by atoms with Crippen molar-refractivity contribution in [3.05, 3.63) is 36.0 Å². The first-order valence-electron chi connectivity index (χ1n) is 6.41. The molecular weight excluding hydrogens is 260 g/mol. The van der Waals surface area contributed by atoms with E-state index in [1.165, 1.54) is 0 Å². The summed E-state index contributed by atoms with van der Waals surface area (Å²) in [7, 11) is -3.48. The fraction of sp³-hybridized carbons (Fsp3) is 0.357. The van der Waals surface area contributed by atoms with Gasteiger partial charge in [0.15, 0.2) is 0 Å². The van der Waals surface area contributed by atoms with Gasteiger partial charge in [-0.05, 0) is 49.4 Å². The van der Waals surface area contributed by atoms with E-state index in [-0.39, 0.29) is 4.90 Å². The van der Waals surface area contributed by atoms with Gasteiger partial charge in [-0.25, -0.2) is 13.1 Å². The van der Waals surface area contributed by atoms with E-state index in [2.05, 4.69) is 9.71 Å². The lowest BCUT2D eigenvalue weighted by atomic mass is 10.1. The van der Waals surface area contributed by atoms with Crippen molar-refractivity contribution in [2.75, 3.05) is 6.54 Å². The van der Waals surface area contributed by atoms with Gasteiger partial charge in [-0.3, -0.25) is 4.98 Å². The molecule has 0 unspecified atom stereocenters. The zero-order valence-electron chi connectivity index (χ0n) is 10.8. The Hall–Kier alpha value is -1.46. The number of sulfonamides is 1. The van der Waals surface area contributed by atoms with Crippen molar-refractivity contribution in [1.82, 2.24) is 9.71 Å². The molecule has 1 fully saturated rings. The quantitative estimate of drug-likeness (QED) is 0.931. The average Bonchev–Trinajstić information content (AvgIpc) is 3.19. The molecular formula is C14H16N2O2S. The Morgan fingerprint density at radius 3 is 2.89 bits per heavy atom. The maximum Gasteiger partial charge on any atom is 0.242 e. The van der Waals surface area contributed by atoms with Gasteiger partial charge in [-0.15, -0.1) is 0 Å². The number of fused-ring (bicyclic) bond motifs is 1. The summed E-state index contributed by atoms with van der Waals surface area (Å²) >= 11 is 0. The maximum atomic E-state index is 12.4. The second-order valence-electron chi connectivity index (χ2n) is 5.13. The largest absolute Gasteiger partial charge is 0.255 e. The molecule has 0 atom stereocenters.